The smallest absolute Gasteiger partial charge is 0.148 e. The zero-order valence-electron chi connectivity index (χ0n) is 67.7. The van der Waals surface area contributed by atoms with Crippen molar-refractivity contribution in [1.82, 2.24) is 0 Å². The van der Waals surface area contributed by atoms with Gasteiger partial charge in [0.25, 0.3) is 0 Å². The zero-order valence-corrected chi connectivity index (χ0v) is 67.7. The van der Waals surface area contributed by atoms with Crippen molar-refractivity contribution in [2.24, 2.45) is 0 Å². The molecule has 2 aliphatic carbocycles. The standard InChI is InChI=1S/C114H70F8N2O3/c1-3-69-13-49-89(50-14-69)125-91-53-31-79(32-54-91)113(77-27-39-83(117)40-28-77)101-11-7-5-9-93(101)95-57-25-75(61-103(95)113)71-21-43-85(44-22-71)123(109-67-105(119)97(65-107(109)121)73-17-35-81(115)36-18-73)87-47-59-111-99(63-87)100-64-88(48-60-112(100)127-111)124(110-68-106(120)98(66-108(110)122)74-19-37-82(116)38-20-74)86-45-23-72(24-46-86)76-26-58-96-94-10-6-8-12-102(94)114(104(96)62-76,78-29-41-84(118)42-30-78)80-33-55-92(56-34-80)126-90-51-15-70(4-2)16-52-90/h3-68H,1-2H2. The number of furan rings is 1. The molecule has 0 N–H and O–H groups in total. The van der Waals surface area contributed by atoms with Crippen LogP contribution in [0.2, 0.25) is 0 Å². The number of hydrogen-bond acceptors (Lipinski definition) is 5. The predicted molar refractivity (Wildman–Crippen MR) is 492 cm³/mol. The summed E-state index contributed by atoms with van der Waals surface area (Å²) in [6.07, 6.45) is 3.54. The van der Waals surface area contributed by atoms with Gasteiger partial charge in [0.1, 0.15) is 80.7 Å². The van der Waals surface area contributed by atoms with Gasteiger partial charge in [0.2, 0.25) is 0 Å². The number of ether oxygens (including phenoxy) is 2. The molecular formula is C114H70F8N2O3. The molecule has 127 heavy (non-hydrogen) atoms. The van der Waals surface area contributed by atoms with Crippen molar-refractivity contribution in [3.8, 4) is 89.8 Å². The molecule has 0 radical (unpaired) electrons. The molecule has 1 heterocycles. The van der Waals surface area contributed by atoms with Gasteiger partial charge in [0, 0.05) is 56.8 Å². The van der Waals surface area contributed by atoms with Crippen LogP contribution in [-0.2, 0) is 10.8 Å². The SMILES string of the molecule is C=Cc1ccc(Oc2ccc(C3(c4ccc(F)cc4)c4ccccc4-c4ccc(-c5ccc(N(c6ccc7oc8ccc(N(c9ccc(-c%10ccc%11c(c%10)C(c%10ccc(F)cc%10)(c%10ccc(Oc%12ccc(C=C)cc%12)cc%10)c%10ccccc%10-%11)cc9)c9cc(F)c(-c%10ccc(F)cc%10)cc9F)cc8c7c6)c6cc(F)c(-c7ccc(F)cc7)cc6F)cc5)cc43)cc2)cc1. The van der Waals surface area contributed by atoms with E-state index in [4.69, 9.17) is 13.9 Å². The Bertz CT molecular complexity index is 7080. The van der Waals surface area contributed by atoms with E-state index in [1.165, 1.54) is 72.8 Å². The third kappa shape index (κ3) is 13.7. The van der Waals surface area contributed by atoms with E-state index in [1.54, 1.807) is 46.2 Å². The van der Waals surface area contributed by atoms with E-state index in [0.717, 1.165) is 124 Å². The molecule has 0 fully saturated rings. The minimum absolute atomic E-state index is 0.0907. The maximum atomic E-state index is 17.7. The predicted octanol–water partition coefficient (Wildman–Crippen LogP) is 31.9. The van der Waals surface area contributed by atoms with Crippen LogP contribution in [0.5, 0.6) is 23.0 Å². The highest BCUT2D eigenvalue weighted by Crippen LogP contribution is 2.60. The van der Waals surface area contributed by atoms with Gasteiger partial charge in [-0.25, -0.2) is 35.1 Å². The fourth-order valence-electron chi connectivity index (χ4n) is 18.7. The highest BCUT2D eigenvalue weighted by Gasteiger charge is 2.48. The molecule has 0 bridgehead atoms. The van der Waals surface area contributed by atoms with E-state index in [1.807, 2.05) is 182 Å². The van der Waals surface area contributed by atoms with Crippen LogP contribution in [0, 0.1) is 46.5 Å². The van der Waals surface area contributed by atoms with Crippen molar-refractivity contribution in [1.29, 1.82) is 0 Å². The Morgan fingerprint density at radius 2 is 0.543 bits per heavy atom. The van der Waals surface area contributed by atoms with Crippen molar-refractivity contribution in [3.05, 3.63) is 504 Å². The van der Waals surface area contributed by atoms with E-state index in [-0.39, 0.29) is 45.3 Å². The molecule has 13 heteroatoms. The van der Waals surface area contributed by atoms with Crippen LogP contribution in [0.1, 0.15) is 55.6 Å². The van der Waals surface area contributed by atoms with Gasteiger partial charge < -0.3 is 23.7 Å². The molecule has 2 unspecified atom stereocenters. The maximum absolute atomic E-state index is 17.7. The fraction of sp³-hybridized carbons (Fsp3) is 0.0175. The van der Waals surface area contributed by atoms with Gasteiger partial charge in [-0.1, -0.05) is 219 Å². The molecule has 610 valence electrons. The summed E-state index contributed by atoms with van der Waals surface area (Å²) in [4.78, 5) is 3.22. The molecular weight excluding hydrogens is 1600 g/mol. The zero-order chi connectivity index (χ0) is 86.3. The molecule has 21 rings (SSSR count). The second-order valence-electron chi connectivity index (χ2n) is 31.7. The van der Waals surface area contributed by atoms with E-state index in [2.05, 4.69) is 98.1 Å². The number of anilines is 6. The largest absolute Gasteiger partial charge is 0.457 e. The van der Waals surface area contributed by atoms with Gasteiger partial charge >= 0.3 is 0 Å². The Morgan fingerprint density at radius 3 is 0.898 bits per heavy atom. The summed E-state index contributed by atoms with van der Waals surface area (Å²) in [6.45, 7) is 7.76. The van der Waals surface area contributed by atoms with Crippen LogP contribution < -0.4 is 19.3 Å². The molecule has 0 amide bonds. The normalized spacial score (nSPS) is 14.1. The van der Waals surface area contributed by atoms with Crippen molar-refractivity contribution in [3.63, 3.8) is 0 Å². The average Bonchev–Trinajstić information content (AvgIpc) is 1.54. The highest BCUT2D eigenvalue weighted by molar-refractivity contribution is 6.08. The summed E-state index contributed by atoms with van der Waals surface area (Å²) >= 11 is 0. The first kappa shape index (κ1) is 78.2. The lowest BCUT2D eigenvalue weighted by atomic mass is 9.67. The van der Waals surface area contributed by atoms with Gasteiger partial charge in [0.05, 0.1) is 22.2 Å². The molecule has 2 aliphatic rings. The van der Waals surface area contributed by atoms with Gasteiger partial charge in [0.15, 0.2) is 0 Å². The summed E-state index contributed by atoms with van der Waals surface area (Å²) in [5.41, 5.74) is 17.0. The molecule has 18 aromatic carbocycles. The number of halogens is 8. The van der Waals surface area contributed by atoms with Crippen LogP contribution in [0.15, 0.2) is 406 Å². The summed E-state index contributed by atoms with van der Waals surface area (Å²) in [5, 5.41) is 1.04. The van der Waals surface area contributed by atoms with Crippen molar-refractivity contribution < 1.29 is 49.0 Å². The molecule has 5 nitrogen and oxygen atoms in total. The summed E-state index contributed by atoms with van der Waals surface area (Å²) < 4.78 is 148. The van der Waals surface area contributed by atoms with Gasteiger partial charge in [-0.05, 0) is 293 Å². The summed E-state index contributed by atoms with van der Waals surface area (Å²) in [6, 6.07) is 114. The summed E-state index contributed by atoms with van der Waals surface area (Å²) in [7, 11) is 0. The molecule has 0 saturated carbocycles. The van der Waals surface area contributed by atoms with Crippen LogP contribution in [-0.4, -0.2) is 0 Å². The first-order chi connectivity index (χ1) is 62.0. The first-order valence-electron chi connectivity index (χ1n) is 41.4. The molecule has 0 spiro atoms. The quantitative estimate of drug-likeness (QED) is 0.0711. The van der Waals surface area contributed by atoms with Crippen molar-refractivity contribution in [2.45, 2.75) is 10.8 Å². The van der Waals surface area contributed by atoms with Gasteiger partial charge in [-0.3, -0.25) is 0 Å². The third-order valence-electron chi connectivity index (χ3n) is 24.7. The highest BCUT2D eigenvalue weighted by atomic mass is 19.2. The van der Waals surface area contributed by atoms with Crippen LogP contribution >= 0.6 is 0 Å². The molecule has 0 saturated heterocycles. The minimum atomic E-state index is -0.955. The Labute approximate surface area is 726 Å². The fourth-order valence-corrected chi connectivity index (χ4v) is 18.7. The Morgan fingerprint density at radius 1 is 0.244 bits per heavy atom. The second-order valence-corrected chi connectivity index (χ2v) is 31.7. The lowest BCUT2D eigenvalue weighted by Gasteiger charge is -2.34. The third-order valence-corrected chi connectivity index (χ3v) is 24.7. The Hall–Kier alpha value is -16.1. The van der Waals surface area contributed by atoms with Gasteiger partial charge in [-0.2, -0.15) is 0 Å². The lowest BCUT2D eigenvalue weighted by molar-refractivity contribution is 0.482. The van der Waals surface area contributed by atoms with E-state index >= 15 is 26.3 Å². The minimum Gasteiger partial charge on any atom is -0.457 e. The molecule has 0 aliphatic heterocycles. The maximum Gasteiger partial charge on any atom is 0.148 e. The first-order valence-corrected chi connectivity index (χ1v) is 41.4. The van der Waals surface area contributed by atoms with Gasteiger partial charge in [-0.15, -0.1) is 0 Å². The number of rotatable bonds is 20. The number of benzene rings is 18. The Kier molecular flexibility index (Phi) is 19.5. The lowest BCUT2D eigenvalue weighted by Crippen LogP contribution is -2.28. The average molecular weight is 1670 g/mol. The molecule has 2 atom stereocenters. The topological polar surface area (TPSA) is 38.1 Å². The van der Waals surface area contributed by atoms with E-state index < -0.39 is 45.7 Å². The second kappa shape index (κ2) is 31.6. The van der Waals surface area contributed by atoms with Crippen molar-refractivity contribution in [2.75, 3.05) is 9.80 Å². The van der Waals surface area contributed by atoms with E-state index in [9.17, 15) is 8.78 Å². The van der Waals surface area contributed by atoms with Crippen LogP contribution in [0.3, 0.4) is 0 Å². The van der Waals surface area contributed by atoms with Crippen LogP contribution in [0.4, 0.5) is 69.2 Å². The Balaban J connectivity index is 0.672. The molecule has 19 aromatic rings. The van der Waals surface area contributed by atoms with Crippen LogP contribution in [0.25, 0.3) is 101 Å². The number of nitrogens with zero attached hydrogens (tertiary/aromatic N) is 2. The monoisotopic (exact) mass is 1670 g/mol. The molecule has 1 aromatic heterocycles. The number of hydrogen-bond donors (Lipinski definition) is 0. The van der Waals surface area contributed by atoms with E-state index in [0.29, 0.717) is 67.7 Å². The number of fused-ring (bicyclic) bond motifs is 9. The summed E-state index contributed by atoms with van der Waals surface area (Å²) in [5.74, 6) is -2.47. The van der Waals surface area contributed by atoms with Crippen molar-refractivity contribution >= 4 is 68.2 Å².